The van der Waals surface area contributed by atoms with E-state index in [1.807, 2.05) is 30.3 Å². The van der Waals surface area contributed by atoms with E-state index in [2.05, 4.69) is 0 Å². The summed E-state index contributed by atoms with van der Waals surface area (Å²) < 4.78 is 17.8. The number of hydrogen-bond donors (Lipinski definition) is 1. The summed E-state index contributed by atoms with van der Waals surface area (Å²) in [4.78, 5) is 15.8. The van der Waals surface area contributed by atoms with E-state index in [4.69, 9.17) is 4.52 Å². The van der Waals surface area contributed by atoms with Crippen LogP contribution in [-0.2, 0) is 13.9 Å². The smallest absolute Gasteiger partial charge is 0.243 e. The number of carbonyl (C=O) groups excluding carboxylic acids is 1. The Morgan fingerprint density at radius 2 is 2.00 bits per heavy atom. The highest BCUT2D eigenvalue weighted by Gasteiger charge is 2.56. The maximum atomic E-state index is 12.3. The van der Waals surface area contributed by atoms with Crippen molar-refractivity contribution in [1.29, 1.82) is 0 Å². The number of thioether (sulfide) groups is 1. The number of benzene rings is 1. The Morgan fingerprint density at radius 1 is 1.35 bits per heavy atom. The molecule has 3 atom stereocenters. The van der Waals surface area contributed by atoms with E-state index in [9.17, 15) is 14.5 Å². The quantitative estimate of drug-likeness (QED) is 0.651. The number of amides is 1. The Bertz CT molecular complexity index is 697. The molecule has 1 aromatic rings. The van der Waals surface area contributed by atoms with E-state index in [-0.39, 0.29) is 11.9 Å². The van der Waals surface area contributed by atoms with Gasteiger partial charge in [0.1, 0.15) is 0 Å². The normalized spacial score (nSPS) is 25.2. The molecule has 2 aliphatic rings. The van der Waals surface area contributed by atoms with Crippen molar-refractivity contribution < 1.29 is 19.0 Å². The fourth-order valence-corrected chi connectivity index (χ4v) is 4.73. The second-order valence-corrected chi connectivity index (χ2v) is 10.1. The first-order chi connectivity index (χ1) is 10.8. The molecule has 124 valence electrons. The largest absolute Gasteiger partial charge is 0.426 e. The van der Waals surface area contributed by atoms with Gasteiger partial charge in [0.25, 0.3) is 0 Å². The Hall–Kier alpha value is -1.23. The highest BCUT2D eigenvalue weighted by atomic mass is 32.2. The van der Waals surface area contributed by atoms with Crippen molar-refractivity contribution in [2.75, 3.05) is 13.3 Å². The van der Waals surface area contributed by atoms with E-state index in [1.54, 1.807) is 11.8 Å². The molecular weight excluding hydrogens is 333 g/mol. The molecule has 0 radical (unpaired) electrons. The van der Waals surface area contributed by atoms with Crippen LogP contribution in [0.15, 0.2) is 46.0 Å². The molecule has 2 heterocycles. The summed E-state index contributed by atoms with van der Waals surface area (Å²) in [6.07, 6.45) is -0.0722. The molecule has 0 aliphatic carbocycles. The molecule has 5 nitrogen and oxygen atoms in total. The average Bonchev–Trinajstić information content (AvgIpc) is 2.71. The van der Waals surface area contributed by atoms with Gasteiger partial charge in [0.05, 0.1) is 23.0 Å². The zero-order valence-corrected chi connectivity index (χ0v) is 15.0. The van der Waals surface area contributed by atoms with Crippen LogP contribution in [-0.4, -0.2) is 41.4 Å². The fourth-order valence-electron chi connectivity index (χ4n) is 2.99. The van der Waals surface area contributed by atoms with Crippen molar-refractivity contribution in [3.63, 3.8) is 0 Å². The average molecular weight is 353 g/mol. The molecular formula is C16H20NO4PS. The second kappa shape index (κ2) is 6.00. The molecule has 0 bridgehead atoms. The lowest BCUT2D eigenvalue weighted by Crippen LogP contribution is -2.61. The van der Waals surface area contributed by atoms with Crippen LogP contribution in [0.2, 0.25) is 0 Å². The maximum Gasteiger partial charge on any atom is 0.243 e. The van der Waals surface area contributed by atoms with Crippen LogP contribution >= 0.6 is 19.1 Å². The Kier molecular flexibility index (Phi) is 4.34. The number of β-lactam (4-membered cyclic amide) rings is 1. The minimum atomic E-state index is -2.78. The van der Waals surface area contributed by atoms with Gasteiger partial charge in [-0.3, -0.25) is 14.3 Å². The van der Waals surface area contributed by atoms with Crippen LogP contribution in [0.3, 0.4) is 0 Å². The standard InChI is InChI=1S/C16H20NO4PS/c1-10(18)14-12-9-13(23-11-7-5-4-6-8-11)16(17(12)15(14)19)21-22(2,3)20/h4-8,10,12,14,18H,9H2,1-3H3/t10-,12-,14-/m1/s1. The highest BCUT2D eigenvalue weighted by Crippen LogP contribution is 2.53. The molecule has 1 saturated heterocycles. The molecule has 7 heteroatoms. The third-order valence-corrected chi connectivity index (χ3v) is 5.64. The number of aliphatic hydroxyl groups is 1. The van der Waals surface area contributed by atoms with Gasteiger partial charge < -0.3 is 9.63 Å². The van der Waals surface area contributed by atoms with Crippen LogP contribution in [0, 0.1) is 5.92 Å². The molecule has 1 aromatic carbocycles. The third kappa shape index (κ3) is 3.21. The predicted octanol–water partition coefficient (Wildman–Crippen LogP) is 3.11. The van der Waals surface area contributed by atoms with Gasteiger partial charge >= 0.3 is 0 Å². The summed E-state index contributed by atoms with van der Waals surface area (Å²) in [5.41, 5.74) is 0. The van der Waals surface area contributed by atoms with Crippen molar-refractivity contribution in [1.82, 2.24) is 4.90 Å². The lowest BCUT2D eigenvalue weighted by atomic mass is 9.84. The van der Waals surface area contributed by atoms with Crippen molar-refractivity contribution >= 4 is 25.0 Å². The van der Waals surface area contributed by atoms with E-state index < -0.39 is 19.4 Å². The number of aliphatic hydroxyl groups excluding tert-OH is 1. The van der Waals surface area contributed by atoms with E-state index >= 15 is 0 Å². The number of hydrogen-bond acceptors (Lipinski definition) is 5. The first kappa shape index (κ1) is 16.6. The maximum absolute atomic E-state index is 12.3. The van der Waals surface area contributed by atoms with Crippen molar-refractivity contribution in [2.45, 2.75) is 30.4 Å². The van der Waals surface area contributed by atoms with Gasteiger partial charge in [0.2, 0.25) is 19.2 Å². The minimum absolute atomic E-state index is 0.102. The van der Waals surface area contributed by atoms with Gasteiger partial charge in [-0.2, -0.15) is 0 Å². The van der Waals surface area contributed by atoms with E-state index in [1.165, 1.54) is 25.1 Å². The lowest BCUT2D eigenvalue weighted by Gasteiger charge is -2.44. The zero-order chi connectivity index (χ0) is 16.8. The number of carbonyl (C=O) groups is 1. The van der Waals surface area contributed by atoms with E-state index in [0.29, 0.717) is 12.3 Å². The van der Waals surface area contributed by atoms with Crippen molar-refractivity contribution in [3.05, 3.63) is 41.1 Å². The minimum Gasteiger partial charge on any atom is -0.426 e. The fraction of sp³-hybridized carbons (Fsp3) is 0.438. The molecule has 1 amide bonds. The summed E-state index contributed by atoms with van der Waals surface area (Å²) >= 11 is 1.52. The summed E-state index contributed by atoms with van der Waals surface area (Å²) in [6.45, 7) is 4.70. The summed E-state index contributed by atoms with van der Waals surface area (Å²) in [7, 11) is -2.78. The van der Waals surface area contributed by atoms with Crippen LogP contribution in [0.1, 0.15) is 13.3 Å². The molecule has 23 heavy (non-hydrogen) atoms. The topological polar surface area (TPSA) is 66.8 Å². The lowest BCUT2D eigenvalue weighted by molar-refractivity contribution is -0.160. The third-order valence-electron chi connectivity index (χ3n) is 3.93. The zero-order valence-electron chi connectivity index (χ0n) is 13.3. The van der Waals surface area contributed by atoms with Gasteiger partial charge in [0.15, 0.2) is 0 Å². The first-order valence-corrected chi connectivity index (χ1v) is 10.8. The molecule has 2 aliphatic heterocycles. The van der Waals surface area contributed by atoms with Crippen molar-refractivity contribution in [3.8, 4) is 0 Å². The summed E-state index contributed by atoms with van der Waals surface area (Å²) in [5.74, 6) is -0.160. The molecule has 1 N–H and O–H groups in total. The van der Waals surface area contributed by atoms with Gasteiger partial charge in [0, 0.05) is 24.6 Å². The van der Waals surface area contributed by atoms with Gasteiger partial charge in [-0.1, -0.05) is 30.0 Å². The number of fused-ring (bicyclic) bond motifs is 1. The first-order valence-electron chi connectivity index (χ1n) is 7.49. The van der Waals surface area contributed by atoms with Gasteiger partial charge in [-0.25, -0.2) is 0 Å². The molecule has 0 unspecified atom stereocenters. The highest BCUT2D eigenvalue weighted by molar-refractivity contribution is 8.03. The van der Waals surface area contributed by atoms with Crippen molar-refractivity contribution in [2.24, 2.45) is 5.92 Å². The SMILES string of the molecule is C[C@@H](O)[C@H]1C(=O)N2C(OP(C)(C)=O)=C(Sc3ccccc3)C[C@H]12. The molecule has 0 saturated carbocycles. The van der Waals surface area contributed by atoms with Crippen LogP contribution in [0.4, 0.5) is 0 Å². The van der Waals surface area contributed by atoms with Crippen LogP contribution in [0.25, 0.3) is 0 Å². The Labute approximate surface area is 140 Å². The molecule has 0 aromatic heterocycles. The predicted molar refractivity (Wildman–Crippen MR) is 90.3 cm³/mol. The molecule has 3 rings (SSSR count). The van der Waals surface area contributed by atoms with Crippen LogP contribution < -0.4 is 0 Å². The van der Waals surface area contributed by atoms with E-state index in [0.717, 1.165) is 9.80 Å². The van der Waals surface area contributed by atoms with Crippen LogP contribution in [0.5, 0.6) is 0 Å². The molecule has 0 spiro atoms. The van der Waals surface area contributed by atoms with Gasteiger partial charge in [-0.05, 0) is 19.1 Å². The Morgan fingerprint density at radius 3 is 2.57 bits per heavy atom. The van der Waals surface area contributed by atoms with Gasteiger partial charge in [-0.15, -0.1) is 0 Å². The molecule has 1 fully saturated rings. The Balaban J connectivity index is 1.90. The second-order valence-electron chi connectivity index (χ2n) is 6.23. The monoisotopic (exact) mass is 353 g/mol. The summed E-state index contributed by atoms with van der Waals surface area (Å²) in [5, 5.41) is 9.82. The summed E-state index contributed by atoms with van der Waals surface area (Å²) in [6, 6.07) is 9.70. The number of nitrogens with zero attached hydrogens (tertiary/aromatic N) is 1. The number of rotatable bonds is 5.